The Labute approximate surface area is 137 Å². The lowest BCUT2D eigenvalue weighted by atomic mass is 10.2. The second-order valence-electron chi connectivity index (χ2n) is 4.45. The fraction of sp³-hybridized carbons (Fsp3) is 0.133. The predicted octanol–water partition coefficient (Wildman–Crippen LogP) is 4.61. The second-order valence-corrected chi connectivity index (χ2v) is 6.32. The van der Waals surface area contributed by atoms with Crippen molar-refractivity contribution in [3.63, 3.8) is 0 Å². The number of nitrogens with one attached hydrogen (secondary N) is 1. The van der Waals surface area contributed by atoms with Gasteiger partial charge in [-0.25, -0.2) is 0 Å². The van der Waals surface area contributed by atoms with Crippen LogP contribution in [-0.4, -0.2) is 11.7 Å². The highest BCUT2D eigenvalue weighted by Gasteiger charge is 2.10. The first-order valence-electron chi connectivity index (χ1n) is 6.20. The van der Waals surface area contributed by atoms with Gasteiger partial charge in [-0.15, -0.1) is 11.8 Å². The summed E-state index contributed by atoms with van der Waals surface area (Å²) >= 11 is 13.4. The van der Waals surface area contributed by atoms with Crippen molar-refractivity contribution < 1.29 is 4.79 Å². The number of nitrogens with two attached hydrogens (primary N) is 1. The van der Waals surface area contributed by atoms with Gasteiger partial charge in [0, 0.05) is 10.6 Å². The largest absolute Gasteiger partial charge is 0.399 e. The Morgan fingerprint density at radius 1 is 1.24 bits per heavy atom. The van der Waals surface area contributed by atoms with Crippen molar-refractivity contribution in [1.82, 2.24) is 0 Å². The van der Waals surface area contributed by atoms with Crippen molar-refractivity contribution in [3.05, 3.63) is 52.0 Å². The lowest BCUT2D eigenvalue weighted by Crippen LogP contribution is -2.14. The molecular weight excluding hydrogens is 327 g/mol. The molecule has 2 rings (SSSR count). The third kappa shape index (κ3) is 4.30. The van der Waals surface area contributed by atoms with Crippen LogP contribution in [0.3, 0.4) is 0 Å². The van der Waals surface area contributed by atoms with Crippen molar-refractivity contribution in [2.45, 2.75) is 11.8 Å². The van der Waals surface area contributed by atoms with Gasteiger partial charge in [0.05, 0.1) is 21.5 Å². The zero-order valence-corrected chi connectivity index (χ0v) is 13.6. The number of anilines is 2. The molecule has 0 radical (unpaired) electrons. The summed E-state index contributed by atoms with van der Waals surface area (Å²) in [6, 6.07) is 10.8. The molecule has 0 saturated heterocycles. The van der Waals surface area contributed by atoms with Gasteiger partial charge in [0.15, 0.2) is 0 Å². The van der Waals surface area contributed by atoms with Gasteiger partial charge in [-0.2, -0.15) is 0 Å². The fourth-order valence-corrected chi connectivity index (χ4v) is 2.97. The number of para-hydroxylation sites is 1. The van der Waals surface area contributed by atoms with E-state index in [0.29, 0.717) is 15.7 Å². The average Bonchev–Trinajstić information content (AvgIpc) is 2.44. The first-order chi connectivity index (χ1) is 9.97. The minimum Gasteiger partial charge on any atom is -0.399 e. The van der Waals surface area contributed by atoms with E-state index >= 15 is 0 Å². The number of hydrogen-bond donors (Lipinski definition) is 2. The molecule has 1 amide bonds. The number of aryl methyl sites for hydroxylation is 1. The van der Waals surface area contributed by atoms with E-state index in [0.717, 1.165) is 16.1 Å². The first-order valence-corrected chi connectivity index (χ1v) is 7.94. The Hall–Kier alpha value is -1.36. The van der Waals surface area contributed by atoms with Gasteiger partial charge < -0.3 is 11.1 Å². The number of carbonyl (C=O) groups excluding carboxylic acids is 1. The van der Waals surface area contributed by atoms with Crippen LogP contribution in [-0.2, 0) is 4.79 Å². The Kier molecular flexibility index (Phi) is 5.39. The fourth-order valence-electron chi connectivity index (χ4n) is 1.68. The Morgan fingerprint density at radius 2 is 1.90 bits per heavy atom. The molecule has 0 atom stereocenters. The van der Waals surface area contributed by atoms with E-state index in [4.69, 9.17) is 28.9 Å². The third-order valence-electron chi connectivity index (χ3n) is 2.84. The zero-order chi connectivity index (χ0) is 15.4. The van der Waals surface area contributed by atoms with Gasteiger partial charge in [0.25, 0.3) is 0 Å². The van der Waals surface area contributed by atoms with E-state index in [2.05, 4.69) is 5.32 Å². The molecule has 3 N–H and O–H groups in total. The maximum absolute atomic E-state index is 12.0. The Balaban J connectivity index is 1.97. The van der Waals surface area contributed by atoms with Gasteiger partial charge in [-0.05, 0) is 42.8 Å². The van der Waals surface area contributed by atoms with Gasteiger partial charge in [-0.1, -0.05) is 29.3 Å². The molecule has 0 aliphatic heterocycles. The van der Waals surface area contributed by atoms with Crippen LogP contribution in [0.2, 0.25) is 10.0 Å². The number of rotatable bonds is 4. The standard InChI is InChI=1S/C15H14Cl2N2OS/c1-9-7-10(5-6-13(9)18)21-8-14(20)19-15-11(16)3-2-4-12(15)17/h2-7H,8,18H2,1H3,(H,19,20). The number of thioether (sulfide) groups is 1. The monoisotopic (exact) mass is 340 g/mol. The number of nitrogen functional groups attached to an aromatic ring is 1. The van der Waals surface area contributed by atoms with Crippen molar-refractivity contribution >= 4 is 52.2 Å². The van der Waals surface area contributed by atoms with Crippen LogP contribution in [0.25, 0.3) is 0 Å². The number of amides is 1. The molecule has 0 fully saturated rings. The van der Waals surface area contributed by atoms with E-state index < -0.39 is 0 Å². The molecule has 0 saturated carbocycles. The van der Waals surface area contributed by atoms with E-state index in [-0.39, 0.29) is 11.7 Å². The topological polar surface area (TPSA) is 55.1 Å². The molecule has 6 heteroatoms. The molecule has 0 spiro atoms. The van der Waals surface area contributed by atoms with Crippen LogP contribution in [0.15, 0.2) is 41.3 Å². The van der Waals surface area contributed by atoms with Crippen LogP contribution in [0, 0.1) is 6.92 Å². The molecule has 2 aromatic carbocycles. The molecule has 110 valence electrons. The summed E-state index contributed by atoms with van der Waals surface area (Å²) in [4.78, 5) is 13.0. The summed E-state index contributed by atoms with van der Waals surface area (Å²) in [6.07, 6.45) is 0. The molecule has 21 heavy (non-hydrogen) atoms. The normalized spacial score (nSPS) is 10.4. The van der Waals surface area contributed by atoms with Crippen molar-refractivity contribution in [2.75, 3.05) is 16.8 Å². The maximum Gasteiger partial charge on any atom is 0.234 e. The SMILES string of the molecule is Cc1cc(SCC(=O)Nc2c(Cl)cccc2Cl)ccc1N. The van der Waals surface area contributed by atoms with Crippen LogP contribution in [0.1, 0.15) is 5.56 Å². The lowest BCUT2D eigenvalue weighted by molar-refractivity contribution is -0.113. The van der Waals surface area contributed by atoms with Gasteiger partial charge in [0.1, 0.15) is 0 Å². The average molecular weight is 341 g/mol. The smallest absolute Gasteiger partial charge is 0.234 e. The summed E-state index contributed by atoms with van der Waals surface area (Å²) in [6.45, 7) is 1.93. The summed E-state index contributed by atoms with van der Waals surface area (Å²) in [7, 11) is 0. The second kappa shape index (κ2) is 7.07. The first kappa shape index (κ1) is 16.0. The third-order valence-corrected chi connectivity index (χ3v) is 4.46. The minimum atomic E-state index is -0.163. The molecule has 0 aromatic heterocycles. The summed E-state index contributed by atoms with van der Waals surface area (Å²) in [5.74, 6) is 0.106. The quantitative estimate of drug-likeness (QED) is 0.630. The number of carbonyl (C=O) groups is 1. The Bertz CT molecular complexity index is 656. The van der Waals surface area contributed by atoms with E-state index in [9.17, 15) is 4.79 Å². The summed E-state index contributed by atoms with van der Waals surface area (Å²) in [5.41, 5.74) is 7.94. The maximum atomic E-state index is 12.0. The molecular formula is C15H14Cl2N2OS. The number of halogens is 2. The van der Waals surface area contributed by atoms with E-state index in [1.54, 1.807) is 18.2 Å². The highest BCUT2D eigenvalue weighted by atomic mass is 35.5. The highest BCUT2D eigenvalue weighted by Crippen LogP contribution is 2.30. The predicted molar refractivity (Wildman–Crippen MR) is 91.4 cm³/mol. The van der Waals surface area contributed by atoms with E-state index in [1.165, 1.54) is 11.8 Å². The van der Waals surface area contributed by atoms with Gasteiger partial charge in [0.2, 0.25) is 5.91 Å². The molecule has 0 aliphatic rings. The molecule has 0 unspecified atom stereocenters. The van der Waals surface area contributed by atoms with Gasteiger partial charge >= 0.3 is 0 Å². The molecule has 3 nitrogen and oxygen atoms in total. The number of hydrogen-bond acceptors (Lipinski definition) is 3. The molecule has 0 aliphatic carbocycles. The lowest BCUT2D eigenvalue weighted by Gasteiger charge is -2.09. The molecule has 0 bridgehead atoms. The van der Waals surface area contributed by atoms with E-state index in [1.807, 2.05) is 25.1 Å². The van der Waals surface area contributed by atoms with Crippen molar-refractivity contribution in [1.29, 1.82) is 0 Å². The van der Waals surface area contributed by atoms with Crippen molar-refractivity contribution in [2.24, 2.45) is 0 Å². The zero-order valence-electron chi connectivity index (χ0n) is 11.3. The van der Waals surface area contributed by atoms with Crippen LogP contribution in [0.5, 0.6) is 0 Å². The van der Waals surface area contributed by atoms with Crippen LogP contribution in [0.4, 0.5) is 11.4 Å². The Morgan fingerprint density at radius 3 is 2.52 bits per heavy atom. The summed E-state index contributed by atoms with van der Waals surface area (Å²) in [5, 5.41) is 3.57. The summed E-state index contributed by atoms with van der Waals surface area (Å²) < 4.78 is 0. The van der Waals surface area contributed by atoms with Crippen LogP contribution < -0.4 is 11.1 Å². The number of benzene rings is 2. The molecule has 0 heterocycles. The van der Waals surface area contributed by atoms with Gasteiger partial charge in [-0.3, -0.25) is 4.79 Å². The van der Waals surface area contributed by atoms with Crippen molar-refractivity contribution in [3.8, 4) is 0 Å². The molecule has 2 aromatic rings. The highest BCUT2D eigenvalue weighted by molar-refractivity contribution is 8.00. The minimum absolute atomic E-state index is 0.163. The van der Waals surface area contributed by atoms with Crippen LogP contribution >= 0.6 is 35.0 Å².